The molecule has 0 aromatic rings. The lowest BCUT2D eigenvalue weighted by atomic mass is 9.95. The maximum Gasteiger partial charge on any atom is 0.290 e. The van der Waals surface area contributed by atoms with Crippen molar-refractivity contribution in [2.45, 2.75) is 79.7 Å². The molecule has 1 amide bonds. The Balaban J connectivity index is -0.000000137. The van der Waals surface area contributed by atoms with Crippen LogP contribution in [0.3, 0.4) is 0 Å². The van der Waals surface area contributed by atoms with E-state index in [1.54, 1.807) is 7.05 Å². The van der Waals surface area contributed by atoms with Gasteiger partial charge in [-0.25, -0.2) is 0 Å². The van der Waals surface area contributed by atoms with E-state index in [0.717, 1.165) is 12.0 Å². The van der Waals surface area contributed by atoms with E-state index in [9.17, 15) is 0 Å². The third kappa shape index (κ3) is 24.0. The largest absolute Gasteiger partial charge is 0.483 e. The predicted molar refractivity (Wildman–Crippen MR) is 96.2 cm³/mol. The van der Waals surface area contributed by atoms with Gasteiger partial charge in [0.25, 0.3) is 6.47 Å². The third-order valence-electron chi connectivity index (χ3n) is 3.36. The molecule has 1 fully saturated rings. The van der Waals surface area contributed by atoms with Crippen LogP contribution in [-0.4, -0.2) is 37.6 Å². The first-order valence-corrected chi connectivity index (χ1v) is 8.12. The molecule has 0 bridgehead atoms. The first-order valence-electron chi connectivity index (χ1n) is 8.12. The zero-order chi connectivity index (χ0) is 16.9. The van der Waals surface area contributed by atoms with Crippen molar-refractivity contribution in [3.05, 3.63) is 0 Å². The molecule has 1 unspecified atom stereocenters. The second-order valence-corrected chi connectivity index (χ2v) is 4.57. The molecule has 1 rings (SSSR count). The topological polar surface area (TPSA) is 78.4 Å². The molecule has 0 spiro atoms. The van der Waals surface area contributed by atoms with Crippen molar-refractivity contribution in [3.8, 4) is 0 Å². The fourth-order valence-electron chi connectivity index (χ4n) is 2.14. The maximum atomic E-state index is 9.06. The Morgan fingerprint density at radius 3 is 2.00 bits per heavy atom. The summed E-state index contributed by atoms with van der Waals surface area (Å²) in [5, 5.41) is 12.7. The van der Waals surface area contributed by atoms with E-state index in [4.69, 9.17) is 14.7 Å². The number of carbonyl (C=O) groups excluding carboxylic acids is 1. The number of amides is 1. The predicted octanol–water partition coefficient (Wildman–Crippen LogP) is 3.68. The van der Waals surface area contributed by atoms with Crippen molar-refractivity contribution in [2.75, 3.05) is 13.6 Å². The van der Waals surface area contributed by atoms with Crippen LogP contribution in [0.25, 0.3) is 0 Å². The molecule has 1 aliphatic heterocycles. The van der Waals surface area contributed by atoms with Gasteiger partial charge in [0, 0.05) is 13.1 Å². The highest BCUT2D eigenvalue weighted by molar-refractivity contribution is 5.44. The number of nitrogens with one attached hydrogen (secondary N) is 2. The lowest BCUT2D eigenvalue weighted by Crippen LogP contribution is -2.21. The van der Waals surface area contributed by atoms with E-state index in [0.29, 0.717) is 6.41 Å². The molecule has 0 radical (unpaired) electrons. The minimum Gasteiger partial charge on any atom is -0.483 e. The zero-order valence-corrected chi connectivity index (χ0v) is 14.5. The molecule has 0 saturated carbocycles. The molecule has 0 aromatic carbocycles. The van der Waals surface area contributed by atoms with Gasteiger partial charge >= 0.3 is 0 Å². The van der Waals surface area contributed by atoms with Gasteiger partial charge in [0.2, 0.25) is 6.41 Å². The quantitative estimate of drug-likeness (QED) is 0.652. The molecule has 1 atom stereocenters. The van der Waals surface area contributed by atoms with Crippen molar-refractivity contribution in [3.63, 3.8) is 0 Å². The molecule has 1 heterocycles. The van der Waals surface area contributed by atoms with Crippen LogP contribution in [0, 0.1) is 5.92 Å². The fourth-order valence-corrected chi connectivity index (χ4v) is 2.14. The molecule has 0 aromatic heterocycles. The summed E-state index contributed by atoms with van der Waals surface area (Å²) in [6.07, 6.45) is 9.01. The number of hydrogen-bond donors (Lipinski definition) is 3. The summed E-state index contributed by atoms with van der Waals surface area (Å²) in [5.41, 5.74) is 0. The Morgan fingerprint density at radius 1 is 1.27 bits per heavy atom. The summed E-state index contributed by atoms with van der Waals surface area (Å²) in [7, 11) is 1.56. The standard InChI is InChI=1S/C11H23N.C2H5NO.C2H6.CH2O2.CH4/c1-3-10(4-2)7-8-11-6-5-9-12-11;1-3-2-4;1-2;2-1-3;/h10-12H,3-9H2,1-2H3;2H,1H3,(H,3,4);1-2H3;1H,(H,2,3);1H4. The van der Waals surface area contributed by atoms with Crippen molar-refractivity contribution in [1.82, 2.24) is 10.6 Å². The molecule has 1 saturated heterocycles. The van der Waals surface area contributed by atoms with Crippen LogP contribution in [-0.2, 0) is 9.59 Å². The van der Waals surface area contributed by atoms with Gasteiger partial charge in [-0.15, -0.1) is 0 Å². The van der Waals surface area contributed by atoms with E-state index >= 15 is 0 Å². The van der Waals surface area contributed by atoms with Crippen LogP contribution in [0.5, 0.6) is 0 Å². The third-order valence-corrected chi connectivity index (χ3v) is 3.36. The van der Waals surface area contributed by atoms with Crippen molar-refractivity contribution in [1.29, 1.82) is 0 Å². The van der Waals surface area contributed by atoms with E-state index < -0.39 is 0 Å². The Labute approximate surface area is 138 Å². The second kappa shape index (κ2) is 28.1. The van der Waals surface area contributed by atoms with Gasteiger partial charge in [-0.1, -0.05) is 48.0 Å². The van der Waals surface area contributed by atoms with Crippen LogP contribution in [0.2, 0.25) is 0 Å². The molecular formula is C17H40N2O3. The van der Waals surface area contributed by atoms with Crippen LogP contribution in [0.15, 0.2) is 0 Å². The van der Waals surface area contributed by atoms with Gasteiger partial charge in [0.1, 0.15) is 0 Å². The molecular weight excluding hydrogens is 280 g/mol. The summed E-state index contributed by atoms with van der Waals surface area (Å²) in [6.45, 7) is 9.64. The molecule has 0 aliphatic carbocycles. The van der Waals surface area contributed by atoms with Crippen LogP contribution >= 0.6 is 0 Å². The molecule has 136 valence electrons. The average molecular weight is 321 g/mol. The SMILES string of the molecule is C.CC.CCC(CC)CCC1CCCN1.CNC=O.O=CO. The average Bonchev–Trinajstić information content (AvgIpc) is 3.05. The summed E-state index contributed by atoms with van der Waals surface area (Å²) < 4.78 is 0. The highest BCUT2D eigenvalue weighted by Gasteiger charge is 2.14. The van der Waals surface area contributed by atoms with E-state index in [1.807, 2.05) is 13.8 Å². The highest BCUT2D eigenvalue weighted by atomic mass is 16.3. The molecule has 3 N–H and O–H groups in total. The summed E-state index contributed by atoms with van der Waals surface area (Å²) in [5.74, 6) is 0.979. The van der Waals surface area contributed by atoms with Gasteiger partial charge in [-0.2, -0.15) is 0 Å². The first-order chi connectivity index (χ1) is 10.2. The Hall–Kier alpha value is -1.10. The minimum atomic E-state index is -0.250. The smallest absolute Gasteiger partial charge is 0.290 e. The molecule has 5 nitrogen and oxygen atoms in total. The monoisotopic (exact) mass is 320 g/mol. The maximum absolute atomic E-state index is 9.06. The Bertz CT molecular complexity index is 190. The van der Waals surface area contributed by atoms with E-state index in [2.05, 4.69) is 24.5 Å². The summed E-state index contributed by atoms with van der Waals surface area (Å²) in [4.78, 5) is 17.4. The van der Waals surface area contributed by atoms with E-state index in [-0.39, 0.29) is 13.9 Å². The second-order valence-electron chi connectivity index (χ2n) is 4.57. The zero-order valence-electron chi connectivity index (χ0n) is 14.5. The van der Waals surface area contributed by atoms with Crippen LogP contribution in [0.4, 0.5) is 0 Å². The Kier molecular flexibility index (Phi) is 37.0. The number of hydrogen-bond acceptors (Lipinski definition) is 3. The fraction of sp³-hybridized carbons (Fsp3) is 0.882. The van der Waals surface area contributed by atoms with Crippen molar-refractivity contribution in [2.24, 2.45) is 5.92 Å². The normalized spacial score (nSPS) is 14.7. The van der Waals surface area contributed by atoms with Crippen LogP contribution < -0.4 is 10.6 Å². The van der Waals surface area contributed by atoms with Gasteiger partial charge in [-0.05, 0) is 38.1 Å². The van der Waals surface area contributed by atoms with Gasteiger partial charge in [-0.3, -0.25) is 9.59 Å². The lowest BCUT2D eigenvalue weighted by molar-refractivity contribution is -0.122. The minimum absolute atomic E-state index is 0. The van der Waals surface area contributed by atoms with Crippen molar-refractivity contribution < 1.29 is 14.7 Å². The van der Waals surface area contributed by atoms with E-state index in [1.165, 1.54) is 45.1 Å². The lowest BCUT2D eigenvalue weighted by Gasteiger charge is -2.15. The van der Waals surface area contributed by atoms with Crippen molar-refractivity contribution >= 4 is 12.9 Å². The molecule has 1 aliphatic rings. The van der Waals surface area contributed by atoms with Gasteiger partial charge in [0.15, 0.2) is 0 Å². The number of carbonyl (C=O) groups is 2. The Morgan fingerprint density at radius 2 is 1.73 bits per heavy atom. The van der Waals surface area contributed by atoms with Gasteiger partial charge < -0.3 is 15.7 Å². The molecule has 5 heteroatoms. The summed E-state index contributed by atoms with van der Waals surface area (Å²) in [6, 6.07) is 0.852. The highest BCUT2D eigenvalue weighted by Crippen LogP contribution is 2.19. The summed E-state index contributed by atoms with van der Waals surface area (Å²) >= 11 is 0. The number of rotatable bonds is 6. The van der Waals surface area contributed by atoms with Gasteiger partial charge in [0.05, 0.1) is 0 Å². The van der Waals surface area contributed by atoms with Crippen LogP contribution in [0.1, 0.15) is 73.6 Å². The first kappa shape index (κ1) is 29.0. The number of carboxylic acid groups (broad SMARTS) is 1. The molecule has 22 heavy (non-hydrogen) atoms.